The maximum Gasteiger partial charge on any atom is 0.573 e. The summed E-state index contributed by atoms with van der Waals surface area (Å²) in [6.07, 6.45) is 0.818. The van der Waals surface area contributed by atoms with Crippen molar-refractivity contribution in [2.45, 2.75) is 36.7 Å². The molecule has 2 aromatic heterocycles. The molecular formula is C20H22F3N5O2. The van der Waals surface area contributed by atoms with Crippen molar-refractivity contribution in [2.75, 3.05) is 32.5 Å². The summed E-state index contributed by atoms with van der Waals surface area (Å²) in [5, 5.41) is 0. The molecule has 160 valence electrons. The number of methoxy groups -OCH3 is 1. The number of hydrogen-bond donors (Lipinski definition) is 1. The second-order valence-electron chi connectivity index (χ2n) is 8.74. The van der Waals surface area contributed by atoms with Crippen molar-refractivity contribution in [3.63, 3.8) is 0 Å². The first-order chi connectivity index (χ1) is 14.3. The molecule has 0 aromatic carbocycles. The first-order valence-corrected chi connectivity index (χ1v) is 10.2. The zero-order chi connectivity index (χ0) is 20.8. The minimum Gasteiger partial charge on any atom is -0.402 e. The summed E-state index contributed by atoms with van der Waals surface area (Å²) in [7, 11) is 1.72. The maximum atomic E-state index is 12.7. The number of nitrogens with zero attached hydrogens (tertiary/aromatic N) is 4. The number of aromatic nitrogens is 3. The summed E-state index contributed by atoms with van der Waals surface area (Å²) < 4.78 is 49.7. The van der Waals surface area contributed by atoms with Crippen LogP contribution in [-0.4, -0.2) is 58.6 Å². The lowest BCUT2D eigenvalue weighted by Crippen LogP contribution is -2.29. The van der Waals surface area contributed by atoms with E-state index in [-0.39, 0.29) is 11.4 Å². The second kappa shape index (κ2) is 5.88. The third-order valence-corrected chi connectivity index (χ3v) is 7.06. The van der Waals surface area contributed by atoms with E-state index in [1.165, 1.54) is 12.3 Å². The molecule has 2 aliphatic heterocycles. The van der Waals surface area contributed by atoms with Crippen LogP contribution in [0.15, 0.2) is 18.5 Å². The number of pyridine rings is 1. The Balaban J connectivity index is 1.33. The molecule has 2 saturated heterocycles. The maximum absolute atomic E-state index is 12.7. The first-order valence-electron chi connectivity index (χ1n) is 10.2. The number of nitrogens with two attached hydrogens (primary N) is 1. The van der Waals surface area contributed by atoms with Gasteiger partial charge < -0.3 is 19.8 Å². The number of fused-ring (bicyclic) bond motifs is 1. The van der Waals surface area contributed by atoms with Crippen molar-refractivity contribution in [3.05, 3.63) is 24.3 Å². The van der Waals surface area contributed by atoms with Crippen LogP contribution in [0, 0.1) is 11.8 Å². The third-order valence-electron chi connectivity index (χ3n) is 7.06. The molecule has 4 heterocycles. The second-order valence-corrected chi connectivity index (χ2v) is 8.74. The monoisotopic (exact) mass is 421 g/mol. The molecule has 30 heavy (non-hydrogen) atoms. The molecule has 3 saturated carbocycles. The molecule has 5 fully saturated rings. The minimum atomic E-state index is -4.83. The zero-order valence-corrected chi connectivity index (χ0v) is 16.4. The molecule has 2 aromatic rings. The number of halogens is 3. The Kier molecular flexibility index (Phi) is 3.61. The summed E-state index contributed by atoms with van der Waals surface area (Å²) in [4.78, 5) is 11.2. The number of alkyl halides is 3. The molecule has 7 rings (SSSR count). The van der Waals surface area contributed by atoms with Crippen LogP contribution < -0.4 is 10.5 Å². The van der Waals surface area contributed by atoms with Crippen LogP contribution >= 0.6 is 0 Å². The predicted molar refractivity (Wildman–Crippen MR) is 101 cm³/mol. The Labute approximate surface area is 171 Å². The standard InChI is InChI=1S/C20H22F3N5O2/c1-29-5-4-27-8-12-15-16(27)19(12,15)28-9-13(26-18(28)10-2-3-10)11-6-14(17(24)25-7-11)30-20(21,22)23/h6-7,9-10,12,15-16H,2-5,8H2,1H3,(H2,24,25)/t12-,15-,16?,19-/m0/s1. The summed E-state index contributed by atoms with van der Waals surface area (Å²) in [5.41, 5.74) is 6.78. The molecule has 0 amide bonds. The molecule has 0 radical (unpaired) electrons. The predicted octanol–water partition coefficient (Wildman–Crippen LogP) is 2.59. The fraction of sp³-hybridized carbons (Fsp3) is 0.600. The van der Waals surface area contributed by atoms with Crippen molar-refractivity contribution in [2.24, 2.45) is 11.8 Å². The number of ether oxygens (including phenoxy) is 2. The fourth-order valence-corrected chi connectivity index (χ4v) is 5.56. The van der Waals surface area contributed by atoms with Crippen LogP contribution in [0.3, 0.4) is 0 Å². The summed E-state index contributed by atoms with van der Waals surface area (Å²) in [6, 6.07) is 1.79. The van der Waals surface area contributed by atoms with E-state index >= 15 is 0 Å². The van der Waals surface area contributed by atoms with Crippen molar-refractivity contribution in [1.82, 2.24) is 19.4 Å². The number of piperidine rings is 1. The van der Waals surface area contributed by atoms with Gasteiger partial charge in [0.05, 0.1) is 17.8 Å². The highest BCUT2D eigenvalue weighted by Gasteiger charge is 2.93. The lowest BCUT2D eigenvalue weighted by molar-refractivity contribution is -0.274. The molecule has 1 unspecified atom stereocenters. The molecule has 7 nitrogen and oxygen atoms in total. The number of hydrogen-bond acceptors (Lipinski definition) is 6. The Morgan fingerprint density at radius 3 is 2.80 bits per heavy atom. The van der Waals surface area contributed by atoms with Gasteiger partial charge in [0, 0.05) is 62.0 Å². The Hall–Kier alpha value is -2.33. The highest BCUT2D eigenvalue weighted by Crippen LogP contribution is 2.83. The molecule has 0 spiro atoms. The van der Waals surface area contributed by atoms with Gasteiger partial charge in [-0.2, -0.15) is 0 Å². The number of rotatable bonds is 7. The van der Waals surface area contributed by atoms with Gasteiger partial charge in [-0.15, -0.1) is 13.2 Å². The quantitative estimate of drug-likeness (QED) is 0.741. The Morgan fingerprint density at radius 2 is 2.13 bits per heavy atom. The van der Waals surface area contributed by atoms with Crippen LogP contribution in [-0.2, 0) is 10.3 Å². The molecule has 2 bridgehead atoms. The SMILES string of the molecule is COCCN1C[C@H]2[C@H]3C1[C@@]32n1cc(-c2cnc(N)c(OC(F)(F)F)c2)nc1C1CC1. The van der Waals surface area contributed by atoms with E-state index in [9.17, 15) is 13.2 Å². The van der Waals surface area contributed by atoms with Gasteiger partial charge in [-0.3, -0.25) is 4.90 Å². The summed E-state index contributed by atoms with van der Waals surface area (Å²) >= 11 is 0. The van der Waals surface area contributed by atoms with Gasteiger partial charge in [0.25, 0.3) is 0 Å². The van der Waals surface area contributed by atoms with Gasteiger partial charge in [-0.05, 0) is 18.9 Å². The zero-order valence-electron chi connectivity index (χ0n) is 16.4. The average Bonchev–Trinajstić information content (AvgIpc) is 3.63. The minimum absolute atomic E-state index is 0.115. The van der Waals surface area contributed by atoms with Gasteiger partial charge in [-0.25, -0.2) is 9.97 Å². The summed E-state index contributed by atoms with van der Waals surface area (Å²) in [6.45, 7) is 2.72. The van der Waals surface area contributed by atoms with E-state index in [2.05, 4.69) is 19.2 Å². The van der Waals surface area contributed by atoms with E-state index < -0.39 is 12.1 Å². The normalized spacial score (nSPS) is 31.7. The Morgan fingerprint density at radius 1 is 1.33 bits per heavy atom. The van der Waals surface area contributed by atoms with Gasteiger partial charge in [0.15, 0.2) is 11.6 Å². The van der Waals surface area contributed by atoms with E-state index in [1.54, 1.807) is 7.11 Å². The highest BCUT2D eigenvalue weighted by molar-refractivity contribution is 5.64. The van der Waals surface area contributed by atoms with Crippen LogP contribution in [0.4, 0.5) is 19.0 Å². The van der Waals surface area contributed by atoms with E-state index in [1.807, 2.05) is 6.20 Å². The number of imidazole rings is 1. The van der Waals surface area contributed by atoms with Crippen LogP contribution in [0.2, 0.25) is 0 Å². The topological polar surface area (TPSA) is 78.4 Å². The lowest BCUT2D eigenvalue weighted by atomic mass is 10.2. The van der Waals surface area contributed by atoms with Crippen LogP contribution in [0.1, 0.15) is 24.6 Å². The lowest BCUT2D eigenvalue weighted by Gasteiger charge is -2.17. The van der Waals surface area contributed by atoms with Crippen molar-refractivity contribution < 1.29 is 22.6 Å². The molecule has 3 aliphatic carbocycles. The van der Waals surface area contributed by atoms with Crippen molar-refractivity contribution in [1.29, 1.82) is 0 Å². The number of anilines is 1. The number of nitrogen functional groups attached to an aromatic ring is 1. The fourth-order valence-electron chi connectivity index (χ4n) is 5.56. The van der Waals surface area contributed by atoms with Crippen molar-refractivity contribution >= 4 is 5.82 Å². The highest BCUT2D eigenvalue weighted by atomic mass is 19.4. The molecule has 2 N–H and O–H groups in total. The van der Waals surface area contributed by atoms with Crippen molar-refractivity contribution in [3.8, 4) is 17.0 Å². The van der Waals surface area contributed by atoms with Crippen LogP contribution in [0.5, 0.6) is 5.75 Å². The molecule has 4 atom stereocenters. The Bertz CT molecular complexity index is 1010. The van der Waals surface area contributed by atoms with Gasteiger partial charge in [0.1, 0.15) is 5.82 Å². The smallest absolute Gasteiger partial charge is 0.402 e. The molecule has 5 aliphatic rings. The molecular weight excluding hydrogens is 399 g/mol. The molecule has 10 heteroatoms. The average molecular weight is 421 g/mol. The van der Waals surface area contributed by atoms with Gasteiger partial charge in [0.2, 0.25) is 0 Å². The first kappa shape index (κ1) is 18.4. The van der Waals surface area contributed by atoms with E-state index in [0.717, 1.165) is 38.4 Å². The van der Waals surface area contributed by atoms with Gasteiger partial charge in [-0.1, -0.05) is 0 Å². The van der Waals surface area contributed by atoms with E-state index in [4.69, 9.17) is 15.5 Å². The largest absolute Gasteiger partial charge is 0.573 e. The van der Waals surface area contributed by atoms with E-state index in [0.29, 0.717) is 35.1 Å². The third kappa shape index (κ3) is 2.52. The van der Waals surface area contributed by atoms with Gasteiger partial charge >= 0.3 is 6.36 Å². The van der Waals surface area contributed by atoms with Crippen LogP contribution in [0.25, 0.3) is 11.3 Å². The summed E-state index contributed by atoms with van der Waals surface area (Å²) in [5.74, 6) is 1.96.